The molecule has 0 N–H and O–H groups in total. The second-order valence-corrected chi connectivity index (χ2v) is 3.65. The number of aromatic nitrogens is 4. The Morgan fingerprint density at radius 3 is 2.81 bits per heavy atom. The Kier molecular flexibility index (Phi) is 1.93. The van der Waals surface area contributed by atoms with Crippen molar-refractivity contribution in [2.75, 3.05) is 0 Å². The highest BCUT2D eigenvalue weighted by Crippen LogP contribution is 2.21. The highest BCUT2D eigenvalue weighted by atomic mass is 15.2. The molecule has 0 fully saturated rings. The fourth-order valence-corrected chi connectivity index (χ4v) is 1.67. The number of rotatable bonds is 1. The molecule has 0 aliphatic rings. The van der Waals surface area contributed by atoms with Crippen molar-refractivity contribution in [3.63, 3.8) is 0 Å². The molecule has 0 bridgehead atoms. The van der Waals surface area contributed by atoms with Crippen molar-refractivity contribution in [2.24, 2.45) is 0 Å². The summed E-state index contributed by atoms with van der Waals surface area (Å²) >= 11 is 0. The van der Waals surface area contributed by atoms with Crippen molar-refractivity contribution in [3.05, 3.63) is 48.4 Å². The monoisotopic (exact) mass is 210 g/mol. The predicted octanol–water partition coefficient (Wildman–Crippen LogP) is 2.10. The summed E-state index contributed by atoms with van der Waals surface area (Å²) in [5.41, 5.74) is 3.82. The number of hydrogen-bond acceptors (Lipinski definition) is 3. The van der Waals surface area contributed by atoms with Crippen LogP contribution in [0, 0.1) is 6.92 Å². The van der Waals surface area contributed by atoms with Crippen LogP contribution in [-0.2, 0) is 0 Å². The second kappa shape index (κ2) is 3.41. The van der Waals surface area contributed by atoms with E-state index in [0.717, 1.165) is 22.5 Å². The summed E-state index contributed by atoms with van der Waals surface area (Å²) in [4.78, 5) is 0. The van der Waals surface area contributed by atoms with Crippen LogP contribution in [-0.4, -0.2) is 19.8 Å². The first-order chi connectivity index (χ1) is 7.84. The maximum Gasteiger partial charge on any atom is 0.0967 e. The molecular weight excluding hydrogens is 200 g/mol. The average Bonchev–Trinajstić information content (AvgIpc) is 2.74. The van der Waals surface area contributed by atoms with Crippen LogP contribution in [0.1, 0.15) is 5.69 Å². The highest BCUT2D eigenvalue weighted by molar-refractivity contribution is 5.77. The fourth-order valence-electron chi connectivity index (χ4n) is 1.67. The van der Waals surface area contributed by atoms with Crippen molar-refractivity contribution in [3.8, 4) is 11.3 Å². The van der Waals surface area contributed by atoms with Crippen molar-refractivity contribution < 1.29 is 0 Å². The molecule has 0 radical (unpaired) electrons. The number of nitrogens with zero attached hydrogens (tertiary/aromatic N) is 4. The van der Waals surface area contributed by atoms with E-state index < -0.39 is 0 Å². The van der Waals surface area contributed by atoms with Crippen LogP contribution >= 0.6 is 0 Å². The van der Waals surface area contributed by atoms with Crippen LogP contribution in [0.25, 0.3) is 16.8 Å². The van der Waals surface area contributed by atoms with Gasteiger partial charge in [0.1, 0.15) is 0 Å². The number of hydrogen-bond donors (Lipinski definition) is 0. The SMILES string of the molecule is Cc1ccc(-c2cnn3ccccc23)nn1. The van der Waals surface area contributed by atoms with Crippen LogP contribution < -0.4 is 0 Å². The lowest BCUT2D eigenvalue weighted by molar-refractivity contribution is 0.961. The minimum atomic E-state index is 0.854. The van der Waals surface area contributed by atoms with Gasteiger partial charge in [0.15, 0.2) is 0 Å². The van der Waals surface area contributed by atoms with Gasteiger partial charge in [0.25, 0.3) is 0 Å². The Morgan fingerprint density at radius 2 is 2.00 bits per heavy atom. The lowest BCUT2D eigenvalue weighted by atomic mass is 10.2. The molecular formula is C12H10N4. The molecule has 3 rings (SSSR count). The molecule has 0 spiro atoms. The molecule has 0 aromatic carbocycles. The number of aryl methyl sites for hydroxylation is 1. The molecule has 0 aliphatic carbocycles. The Morgan fingerprint density at radius 1 is 1.06 bits per heavy atom. The molecule has 16 heavy (non-hydrogen) atoms. The smallest absolute Gasteiger partial charge is 0.0967 e. The van der Waals surface area contributed by atoms with E-state index in [9.17, 15) is 0 Å². The third-order valence-electron chi connectivity index (χ3n) is 2.50. The van der Waals surface area contributed by atoms with Gasteiger partial charge in [-0.05, 0) is 31.2 Å². The molecule has 0 saturated heterocycles. The number of fused-ring (bicyclic) bond motifs is 1. The van der Waals surface area contributed by atoms with Crippen molar-refractivity contribution in [1.29, 1.82) is 0 Å². The van der Waals surface area contributed by atoms with Crippen LogP contribution in [0.4, 0.5) is 0 Å². The summed E-state index contributed by atoms with van der Waals surface area (Å²) in [5, 5.41) is 12.5. The molecule has 4 nitrogen and oxygen atoms in total. The van der Waals surface area contributed by atoms with Crippen LogP contribution in [0.15, 0.2) is 42.7 Å². The molecule has 3 heterocycles. The van der Waals surface area contributed by atoms with E-state index in [1.54, 1.807) is 0 Å². The van der Waals surface area contributed by atoms with Gasteiger partial charge in [0.2, 0.25) is 0 Å². The summed E-state index contributed by atoms with van der Waals surface area (Å²) in [6, 6.07) is 9.87. The highest BCUT2D eigenvalue weighted by Gasteiger charge is 2.06. The lowest BCUT2D eigenvalue weighted by Crippen LogP contribution is -1.89. The zero-order valence-corrected chi connectivity index (χ0v) is 8.83. The Labute approximate surface area is 92.6 Å². The standard InChI is InChI=1S/C12H10N4/c1-9-5-6-11(15-14-9)10-8-13-16-7-3-2-4-12(10)16/h2-8H,1H3. The van der Waals surface area contributed by atoms with Crippen molar-refractivity contribution >= 4 is 5.52 Å². The molecule has 4 heteroatoms. The molecule has 0 aliphatic heterocycles. The molecule has 78 valence electrons. The largest absolute Gasteiger partial charge is 0.240 e. The third-order valence-corrected chi connectivity index (χ3v) is 2.50. The van der Waals surface area contributed by atoms with Crippen LogP contribution in [0.3, 0.4) is 0 Å². The van der Waals surface area contributed by atoms with Gasteiger partial charge in [-0.1, -0.05) is 6.07 Å². The van der Waals surface area contributed by atoms with E-state index in [0.29, 0.717) is 0 Å². The maximum absolute atomic E-state index is 4.27. The minimum Gasteiger partial charge on any atom is -0.240 e. The zero-order valence-electron chi connectivity index (χ0n) is 8.83. The molecule has 3 aromatic rings. The summed E-state index contributed by atoms with van der Waals surface area (Å²) in [5.74, 6) is 0. The average molecular weight is 210 g/mol. The molecule has 0 amide bonds. The van der Waals surface area contributed by atoms with Gasteiger partial charge in [-0.2, -0.15) is 15.3 Å². The first kappa shape index (κ1) is 9.03. The van der Waals surface area contributed by atoms with E-state index in [-0.39, 0.29) is 0 Å². The number of pyridine rings is 1. The summed E-state index contributed by atoms with van der Waals surface area (Å²) < 4.78 is 1.83. The van der Waals surface area contributed by atoms with E-state index in [1.165, 1.54) is 0 Å². The summed E-state index contributed by atoms with van der Waals surface area (Å²) in [6.45, 7) is 1.92. The van der Waals surface area contributed by atoms with Crippen LogP contribution in [0.2, 0.25) is 0 Å². The first-order valence-electron chi connectivity index (χ1n) is 5.08. The van der Waals surface area contributed by atoms with E-state index in [2.05, 4.69) is 15.3 Å². The van der Waals surface area contributed by atoms with Crippen molar-refractivity contribution in [1.82, 2.24) is 19.8 Å². The summed E-state index contributed by atoms with van der Waals surface area (Å²) in [7, 11) is 0. The van der Waals surface area contributed by atoms with Gasteiger partial charge in [-0.25, -0.2) is 4.52 Å². The van der Waals surface area contributed by atoms with E-state index >= 15 is 0 Å². The second-order valence-electron chi connectivity index (χ2n) is 3.65. The van der Waals surface area contributed by atoms with E-state index in [1.807, 2.05) is 54.2 Å². The normalized spacial score (nSPS) is 10.8. The zero-order chi connectivity index (χ0) is 11.0. The van der Waals surface area contributed by atoms with Crippen LogP contribution in [0.5, 0.6) is 0 Å². The van der Waals surface area contributed by atoms with Gasteiger partial charge in [-0.3, -0.25) is 0 Å². The fraction of sp³-hybridized carbons (Fsp3) is 0.0833. The van der Waals surface area contributed by atoms with Crippen molar-refractivity contribution in [2.45, 2.75) is 6.92 Å². The Hall–Kier alpha value is -2.23. The topological polar surface area (TPSA) is 43.1 Å². The van der Waals surface area contributed by atoms with Gasteiger partial charge < -0.3 is 0 Å². The predicted molar refractivity (Wildman–Crippen MR) is 61.0 cm³/mol. The summed E-state index contributed by atoms with van der Waals surface area (Å²) in [6.07, 6.45) is 3.73. The molecule has 0 saturated carbocycles. The Bertz CT molecular complexity index is 625. The molecule has 3 aromatic heterocycles. The first-order valence-corrected chi connectivity index (χ1v) is 5.08. The van der Waals surface area contributed by atoms with Gasteiger partial charge in [0, 0.05) is 11.8 Å². The quantitative estimate of drug-likeness (QED) is 0.617. The van der Waals surface area contributed by atoms with Gasteiger partial charge in [-0.15, -0.1) is 0 Å². The van der Waals surface area contributed by atoms with Gasteiger partial charge >= 0.3 is 0 Å². The lowest BCUT2D eigenvalue weighted by Gasteiger charge is -1.97. The maximum atomic E-state index is 4.27. The molecule has 0 unspecified atom stereocenters. The Balaban J connectivity index is 2.22. The van der Waals surface area contributed by atoms with Gasteiger partial charge in [0.05, 0.1) is 23.1 Å². The van der Waals surface area contributed by atoms with E-state index in [4.69, 9.17) is 0 Å². The minimum absolute atomic E-state index is 0.854. The third kappa shape index (κ3) is 1.35. The molecule has 0 atom stereocenters.